The Kier molecular flexibility index (Phi) is 11.9. The molecule has 0 aromatic heterocycles. The molecule has 0 aromatic carbocycles. The molecule has 2 unspecified atom stereocenters. The summed E-state index contributed by atoms with van der Waals surface area (Å²) in [5.74, 6) is 0.456. The van der Waals surface area contributed by atoms with Crippen molar-refractivity contribution in [2.45, 2.75) is 52.9 Å². The van der Waals surface area contributed by atoms with Gasteiger partial charge in [0, 0.05) is 29.4 Å². The van der Waals surface area contributed by atoms with E-state index in [0.717, 1.165) is 19.3 Å². The zero-order valence-corrected chi connectivity index (χ0v) is 12.2. The minimum atomic E-state index is -2.81. The molecular formula is C11H25FeO2P. The summed E-state index contributed by atoms with van der Waals surface area (Å²) in [4.78, 5) is 9.67. The Morgan fingerprint density at radius 2 is 1.80 bits per heavy atom. The van der Waals surface area contributed by atoms with E-state index < -0.39 is 7.37 Å². The van der Waals surface area contributed by atoms with Crippen LogP contribution in [-0.4, -0.2) is 17.2 Å². The van der Waals surface area contributed by atoms with Gasteiger partial charge >= 0.3 is 0 Å². The molecule has 0 aliphatic heterocycles. The van der Waals surface area contributed by atoms with Crippen LogP contribution in [0.25, 0.3) is 0 Å². The standard InChI is InChI=1S/C11H25O2P.Fe/c1-4-7-8-11(6-3)10-14(12,13)9-5-2;/h11H,4-10H2,1-3H3,(H,12,13);. The van der Waals surface area contributed by atoms with E-state index in [2.05, 4.69) is 13.8 Å². The van der Waals surface area contributed by atoms with Crippen molar-refractivity contribution in [1.82, 2.24) is 0 Å². The van der Waals surface area contributed by atoms with Gasteiger partial charge in [-0.05, 0) is 18.8 Å². The summed E-state index contributed by atoms with van der Waals surface area (Å²) >= 11 is 0. The van der Waals surface area contributed by atoms with E-state index in [0.29, 0.717) is 18.2 Å². The second kappa shape index (κ2) is 9.90. The first-order chi connectivity index (χ1) is 6.55. The van der Waals surface area contributed by atoms with E-state index in [4.69, 9.17) is 0 Å². The van der Waals surface area contributed by atoms with Gasteiger partial charge in [-0.1, -0.05) is 40.0 Å². The quantitative estimate of drug-likeness (QED) is 0.539. The summed E-state index contributed by atoms with van der Waals surface area (Å²) in [5, 5.41) is 0. The predicted octanol–water partition coefficient (Wildman–Crippen LogP) is 3.88. The van der Waals surface area contributed by atoms with Crippen LogP contribution in [0.5, 0.6) is 0 Å². The van der Waals surface area contributed by atoms with Gasteiger partial charge in [-0.15, -0.1) is 0 Å². The molecule has 0 amide bonds. The fraction of sp³-hybridized carbons (Fsp3) is 1.00. The summed E-state index contributed by atoms with van der Waals surface area (Å²) in [5.41, 5.74) is 0. The van der Waals surface area contributed by atoms with Crippen molar-refractivity contribution >= 4 is 7.37 Å². The molecule has 0 spiro atoms. The first kappa shape index (κ1) is 18.1. The van der Waals surface area contributed by atoms with Crippen molar-refractivity contribution < 1.29 is 26.5 Å². The molecule has 0 saturated heterocycles. The zero-order valence-electron chi connectivity index (χ0n) is 10.2. The predicted molar refractivity (Wildman–Crippen MR) is 63.2 cm³/mol. The largest absolute Gasteiger partial charge is 0.344 e. The number of hydrogen-bond acceptors (Lipinski definition) is 1. The molecular weight excluding hydrogens is 251 g/mol. The molecule has 0 aromatic rings. The molecule has 4 heteroatoms. The minimum absolute atomic E-state index is 0. The number of unbranched alkanes of at least 4 members (excludes halogenated alkanes) is 1. The molecule has 0 bridgehead atoms. The van der Waals surface area contributed by atoms with E-state index >= 15 is 0 Å². The van der Waals surface area contributed by atoms with Gasteiger partial charge in [0.15, 0.2) is 0 Å². The van der Waals surface area contributed by atoms with E-state index in [9.17, 15) is 9.46 Å². The van der Waals surface area contributed by atoms with Gasteiger partial charge in [0.05, 0.1) is 0 Å². The van der Waals surface area contributed by atoms with Gasteiger partial charge in [-0.25, -0.2) is 0 Å². The summed E-state index contributed by atoms with van der Waals surface area (Å²) in [6.45, 7) is 6.25. The topological polar surface area (TPSA) is 37.3 Å². The zero-order chi connectivity index (χ0) is 11.0. The Hall–Kier alpha value is 0.709. The average molecular weight is 276 g/mol. The molecule has 0 aliphatic rings. The smallest absolute Gasteiger partial charge is 0.200 e. The van der Waals surface area contributed by atoms with Gasteiger partial charge < -0.3 is 4.89 Å². The average Bonchev–Trinajstić information content (AvgIpc) is 2.12. The second-order valence-electron chi connectivity index (χ2n) is 4.17. The van der Waals surface area contributed by atoms with Crippen molar-refractivity contribution in [2.24, 2.45) is 5.92 Å². The van der Waals surface area contributed by atoms with E-state index in [1.54, 1.807) is 0 Å². The Morgan fingerprint density at radius 1 is 1.20 bits per heavy atom. The third-order valence-corrected chi connectivity index (χ3v) is 4.89. The molecule has 0 radical (unpaired) electrons. The van der Waals surface area contributed by atoms with Crippen LogP contribution in [0.1, 0.15) is 52.9 Å². The first-order valence-corrected chi connectivity index (χ1v) is 7.89. The van der Waals surface area contributed by atoms with Gasteiger partial charge in [0.2, 0.25) is 7.37 Å². The van der Waals surface area contributed by atoms with Gasteiger partial charge in [-0.2, -0.15) is 0 Å². The van der Waals surface area contributed by atoms with E-state index in [-0.39, 0.29) is 17.1 Å². The van der Waals surface area contributed by atoms with Crippen molar-refractivity contribution in [2.75, 3.05) is 12.3 Å². The van der Waals surface area contributed by atoms with Crippen LogP contribution in [0.2, 0.25) is 0 Å². The molecule has 94 valence electrons. The van der Waals surface area contributed by atoms with Crippen molar-refractivity contribution in [3.8, 4) is 0 Å². The molecule has 0 rings (SSSR count). The fourth-order valence-electron chi connectivity index (χ4n) is 1.76. The Bertz CT molecular complexity index is 185. The Labute approximate surface area is 105 Å². The normalized spacial score (nSPS) is 16.5. The summed E-state index contributed by atoms with van der Waals surface area (Å²) in [7, 11) is -2.81. The molecule has 2 nitrogen and oxygen atoms in total. The van der Waals surface area contributed by atoms with E-state index in [1.807, 2.05) is 6.92 Å². The summed E-state index contributed by atoms with van der Waals surface area (Å²) in [6.07, 6.45) is 6.37. The van der Waals surface area contributed by atoms with E-state index in [1.165, 1.54) is 12.8 Å². The molecule has 1 N–H and O–H groups in total. The number of rotatable bonds is 8. The van der Waals surface area contributed by atoms with Gasteiger partial charge in [0.25, 0.3) is 0 Å². The third-order valence-electron chi connectivity index (χ3n) is 2.66. The van der Waals surface area contributed by atoms with Crippen LogP contribution in [0, 0.1) is 5.92 Å². The molecule has 0 heterocycles. The SMILES string of the molecule is CCCCC(CC)CP(=O)(O)CCC.[Fe]. The maximum atomic E-state index is 11.7. The van der Waals surface area contributed by atoms with Crippen LogP contribution in [-0.2, 0) is 21.6 Å². The van der Waals surface area contributed by atoms with Gasteiger partial charge in [-0.3, -0.25) is 4.57 Å². The number of hydrogen-bond donors (Lipinski definition) is 1. The van der Waals surface area contributed by atoms with Crippen LogP contribution in [0.3, 0.4) is 0 Å². The molecule has 0 saturated carbocycles. The fourth-order valence-corrected chi connectivity index (χ4v) is 3.89. The minimum Gasteiger partial charge on any atom is -0.344 e. The van der Waals surface area contributed by atoms with Crippen LogP contribution in [0.4, 0.5) is 0 Å². The van der Waals surface area contributed by atoms with Crippen LogP contribution < -0.4 is 0 Å². The first-order valence-electron chi connectivity index (χ1n) is 5.86. The van der Waals surface area contributed by atoms with Crippen molar-refractivity contribution in [3.63, 3.8) is 0 Å². The second-order valence-corrected chi connectivity index (χ2v) is 6.67. The Balaban J connectivity index is 0. The molecule has 0 fully saturated rings. The monoisotopic (exact) mass is 276 g/mol. The van der Waals surface area contributed by atoms with Crippen molar-refractivity contribution in [1.29, 1.82) is 0 Å². The van der Waals surface area contributed by atoms with Crippen LogP contribution in [0.15, 0.2) is 0 Å². The van der Waals surface area contributed by atoms with Crippen molar-refractivity contribution in [3.05, 3.63) is 0 Å². The maximum Gasteiger partial charge on any atom is 0.200 e. The third kappa shape index (κ3) is 9.63. The van der Waals surface area contributed by atoms with Crippen LogP contribution >= 0.6 is 7.37 Å². The molecule has 2 atom stereocenters. The maximum absolute atomic E-state index is 11.7. The Morgan fingerprint density at radius 3 is 2.20 bits per heavy atom. The summed E-state index contributed by atoms with van der Waals surface area (Å²) < 4.78 is 11.7. The van der Waals surface area contributed by atoms with Gasteiger partial charge in [0.1, 0.15) is 0 Å². The molecule has 0 aliphatic carbocycles. The molecule has 15 heavy (non-hydrogen) atoms. The summed E-state index contributed by atoms with van der Waals surface area (Å²) in [6, 6.07) is 0.